The standard InChI is InChI=1S/C16H24FN/c1-11(9-12-7-6-8-13(17)10-12)18-14-15(2,3)16(14,4)5/h6-8,10-11,14,18H,9H2,1-5H3. The Kier molecular flexibility index (Phi) is 3.26. The van der Waals surface area contributed by atoms with Crippen LogP contribution in [0.3, 0.4) is 0 Å². The van der Waals surface area contributed by atoms with Crippen molar-refractivity contribution < 1.29 is 4.39 Å². The molecule has 1 aliphatic rings. The minimum atomic E-state index is -0.146. The van der Waals surface area contributed by atoms with Crippen molar-refractivity contribution in [3.8, 4) is 0 Å². The highest BCUT2D eigenvalue weighted by Crippen LogP contribution is 2.62. The molecule has 0 saturated heterocycles. The van der Waals surface area contributed by atoms with Crippen molar-refractivity contribution in [3.63, 3.8) is 0 Å². The molecule has 1 N–H and O–H groups in total. The molecular formula is C16H24FN. The Morgan fingerprint density at radius 3 is 2.33 bits per heavy atom. The Morgan fingerprint density at radius 2 is 1.83 bits per heavy atom. The van der Waals surface area contributed by atoms with Crippen LogP contribution in [0.5, 0.6) is 0 Å². The molecule has 1 fully saturated rings. The van der Waals surface area contributed by atoms with E-state index in [1.54, 1.807) is 12.1 Å². The molecule has 1 aliphatic carbocycles. The monoisotopic (exact) mass is 249 g/mol. The van der Waals surface area contributed by atoms with Crippen LogP contribution in [-0.2, 0) is 6.42 Å². The quantitative estimate of drug-likeness (QED) is 0.856. The van der Waals surface area contributed by atoms with Gasteiger partial charge in [-0.2, -0.15) is 0 Å². The van der Waals surface area contributed by atoms with E-state index in [0.29, 0.717) is 22.9 Å². The minimum Gasteiger partial charge on any atom is -0.310 e. The molecule has 1 aromatic carbocycles. The number of halogens is 1. The highest BCUT2D eigenvalue weighted by atomic mass is 19.1. The summed E-state index contributed by atoms with van der Waals surface area (Å²) in [6.45, 7) is 11.4. The maximum atomic E-state index is 13.1. The van der Waals surface area contributed by atoms with Gasteiger partial charge in [0.1, 0.15) is 5.82 Å². The third kappa shape index (κ3) is 2.31. The van der Waals surface area contributed by atoms with Gasteiger partial charge in [0.2, 0.25) is 0 Å². The number of hydrogen-bond acceptors (Lipinski definition) is 1. The molecule has 1 aromatic rings. The SMILES string of the molecule is CC(Cc1cccc(F)c1)NC1C(C)(C)C1(C)C. The van der Waals surface area contributed by atoms with E-state index in [0.717, 1.165) is 12.0 Å². The van der Waals surface area contributed by atoms with E-state index in [1.807, 2.05) is 6.07 Å². The lowest BCUT2D eigenvalue weighted by Gasteiger charge is -2.15. The number of nitrogens with one attached hydrogen (secondary N) is 1. The second-order valence-electron chi connectivity index (χ2n) is 6.78. The van der Waals surface area contributed by atoms with Gasteiger partial charge in [-0.05, 0) is 41.9 Å². The molecule has 2 rings (SSSR count). The van der Waals surface area contributed by atoms with Crippen molar-refractivity contribution in [3.05, 3.63) is 35.6 Å². The van der Waals surface area contributed by atoms with Crippen molar-refractivity contribution in [2.45, 2.75) is 53.1 Å². The molecular weight excluding hydrogens is 225 g/mol. The van der Waals surface area contributed by atoms with Gasteiger partial charge in [0.15, 0.2) is 0 Å². The van der Waals surface area contributed by atoms with Crippen molar-refractivity contribution in [2.75, 3.05) is 0 Å². The molecule has 2 heteroatoms. The molecule has 0 radical (unpaired) electrons. The maximum absolute atomic E-state index is 13.1. The molecule has 0 aliphatic heterocycles. The predicted octanol–water partition coefficient (Wildman–Crippen LogP) is 3.78. The van der Waals surface area contributed by atoms with E-state index in [1.165, 1.54) is 6.07 Å². The lowest BCUT2D eigenvalue weighted by Crippen LogP contribution is -2.33. The van der Waals surface area contributed by atoms with E-state index in [-0.39, 0.29) is 5.82 Å². The molecule has 1 saturated carbocycles. The van der Waals surface area contributed by atoms with Gasteiger partial charge in [-0.25, -0.2) is 4.39 Å². The zero-order chi connectivity index (χ0) is 13.6. The molecule has 0 spiro atoms. The third-order valence-electron chi connectivity index (χ3n) is 4.90. The zero-order valence-electron chi connectivity index (χ0n) is 12.0. The van der Waals surface area contributed by atoms with Gasteiger partial charge in [-0.3, -0.25) is 0 Å². The number of hydrogen-bond donors (Lipinski definition) is 1. The van der Waals surface area contributed by atoms with Crippen LogP contribution in [-0.4, -0.2) is 12.1 Å². The van der Waals surface area contributed by atoms with Crippen LogP contribution in [0.15, 0.2) is 24.3 Å². The summed E-state index contributed by atoms with van der Waals surface area (Å²) in [7, 11) is 0. The Bertz CT molecular complexity index is 422. The second-order valence-corrected chi connectivity index (χ2v) is 6.78. The van der Waals surface area contributed by atoms with Gasteiger partial charge in [0.25, 0.3) is 0 Å². The fourth-order valence-electron chi connectivity index (χ4n) is 2.97. The van der Waals surface area contributed by atoms with Crippen molar-refractivity contribution in [1.29, 1.82) is 0 Å². The lowest BCUT2D eigenvalue weighted by molar-refractivity contribution is 0.457. The van der Waals surface area contributed by atoms with Gasteiger partial charge in [0.05, 0.1) is 0 Å². The summed E-state index contributed by atoms with van der Waals surface area (Å²) in [5.74, 6) is -0.146. The third-order valence-corrected chi connectivity index (χ3v) is 4.90. The molecule has 1 unspecified atom stereocenters. The van der Waals surface area contributed by atoms with Crippen LogP contribution >= 0.6 is 0 Å². The van der Waals surface area contributed by atoms with Crippen molar-refractivity contribution in [2.24, 2.45) is 10.8 Å². The fourth-order valence-corrected chi connectivity index (χ4v) is 2.97. The molecule has 100 valence electrons. The van der Waals surface area contributed by atoms with Gasteiger partial charge in [-0.1, -0.05) is 39.8 Å². The molecule has 18 heavy (non-hydrogen) atoms. The predicted molar refractivity (Wildman–Crippen MR) is 74.1 cm³/mol. The first-order chi connectivity index (χ1) is 8.25. The van der Waals surface area contributed by atoms with Crippen LogP contribution in [0.2, 0.25) is 0 Å². The molecule has 1 nitrogen and oxygen atoms in total. The van der Waals surface area contributed by atoms with Gasteiger partial charge < -0.3 is 5.32 Å². The Hall–Kier alpha value is -0.890. The Labute approximate surface area is 110 Å². The Morgan fingerprint density at radius 1 is 1.22 bits per heavy atom. The fraction of sp³-hybridized carbons (Fsp3) is 0.625. The highest BCUT2D eigenvalue weighted by molar-refractivity contribution is 5.20. The van der Waals surface area contributed by atoms with E-state index >= 15 is 0 Å². The summed E-state index contributed by atoms with van der Waals surface area (Å²) in [6, 6.07) is 7.81. The topological polar surface area (TPSA) is 12.0 Å². The van der Waals surface area contributed by atoms with E-state index < -0.39 is 0 Å². The van der Waals surface area contributed by atoms with E-state index in [4.69, 9.17) is 0 Å². The van der Waals surface area contributed by atoms with Crippen LogP contribution in [0.4, 0.5) is 4.39 Å². The second kappa shape index (κ2) is 4.34. The largest absolute Gasteiger partial charge is 0.310 e. The summed E-state index contributed by atoms with van der Waals surface area (Å²) in [6.07, 6.45) is 0.875. The molecule has 0 amide bonds. The average Bonchev–Trinajstić information content (AvgIpc) is 2.61. The minimum absolute atomic E-state index is 0.146. The first-order valence-corrected chi connectivity index (χ1v) is 6.75. The summed E-state index contributed by atoms with van der Waals surface area (Å²) in [4.78, 5) is 0. The van der Waals surface area contributed by atoms with Gasteiger partial charge >= 0.3 is 0 Å². The first kappa shape index (κ1) is 13.5. The van der Waals surface area contributed by atoms with Crippen molar-refractivity contribution in [1.82, 2.24) is 5.32 Å². The van der Waals surface area contributed by atoms with E-state index in [2.05, 4.69) is 39.9 Å². The molecule has 1 atom stereocenters. The van der Waals surface area contributed by atoms with Gasteiger partial charge in [0, 0.05) is 12.1 Å². The summed E-state index contributed by atoms with van der Waals surface area (Å²) < 4.78 is 13.1. The Balaban J connectivity index is 1.93. The molecule has 0 bridgehead atoms. The average molecular weight is 249 g/mol. The maximum Gasteiger partial charge on any atom is 0.123 e. The van der Waals surface area contributed by atoms with Crippen LogP contribution in [0, 0.1) is 16.6 Å². The van der Waals surface area contributed by atoms with Crippen LogP contribution < -0.4 is 5.32 Å². The van der Waals surface area contributed by atoms with Crippen molar-refractivity contribution >= 4 is 0 Å². The first-order valence-electron chi connectivity index (χ1n) is 6.75. The van der Waals surface area contributed by atoms with E-state index in [9.17, 15) is 4.39 Å². The zero-order valence-corrected chi connectivity index (χ0v) is 12.0. The number of benzene rings is 1. The highest BCUT2D eigenvalue weighted by Gasteiger charge is 2.64. The number of rotatable bonds is 4. The summed E-state index contributed by atoms with van der Waals surface area (Å²) >= 11 is 0. The molecule has 0 heterocycles. The summed E-state index contributed by atoms with van der Waals surface area (Å²) in [5, 5.41) is 3.68. The normalized spacial score (nSPS) is 22.8. The smallest absolute Gasteiger partial charge is 0.123 e. The van der Waals surface area contributed by atoms with Gasteiger partial charge in [-0.15, -0.1) is 0 Å². The van der Waals surface area contributed by atoms with Crippen LogP contribution in [0.1, 0.15) is 40.2 Å². The molecule has 0 aromatic heterocycles. The summed E-state index contributed by atoms with van der Waals surface area (Å²) in [5.41, 5.74) is 1.76. The van der Waals surface area contributed by atoms with Crippen LogP contribution in [0.25, 0.3) is 0 Å². The lowest BCUT2D eigenvalue weighted by atomic mass is 10.0.